The van der Waals surface area contributed by atoms with Crippen LogP contribution in [-0.2, 0) is 38.1 Å². The van der Waals surface area contributed by atoms with Crippen molar-refractivity contribution >= 4 is 20.2 Å². The van der Waals surface area contributed by atoms with Gasteiger partial charge in [-0.3, -0.25) is 8.37 Å². The van der Waals surface area contributed by atoms with E-state index >= 15 is 0 Å². The Balaban J connectivity index is 1.27. The molecule has 0 bridgehead atoms. The van der Waals surface area contributed by atoms with Crippen molar-refractivity contribution < 1.29 is 44.1 Å². The molecule has 0 fully saturated rings. The number of aryl methyl sites for hydroxylation is 2. The standard InChI is InChI=1S/C28H34O10S2/c1-23-7-11-25(12-8-23)39(29,30)37-21-17-33-15-19-35-27-5-3-4-6-28(27)36-20-16-34-18-22-38-40(31,32)26-13-9-24(2)10-14-26/h3-14H,15-22H2,1-2H3. The van der Waals surface area contributed by atoms with Crippen molar-refractivity contribution in [2.24, 2.45) is 0 Å². The maximum atomic E-state index is 12.2. The maximum Gasteiger partial charge on any atom is 0.297 e. The molecule has 218 valence electrons. The molecule has 0 atom stereocenters. The van der Waals surface area contributed by atoms with Crippen LogP contribution in [0.2, 0.25) is 0 Å². The van der Waals surface area contributed by atoms with E-state index in [0.717, 1.165) is 11.1 Å². The van der Waals surface area contributed by atoms with Crippen LogP contribution >= 0.6 is 0 Å². The van der Waals surface area contributed by atoms with Crippen molar-refractivity contribution in [3.63, 3.8) is 0 Å². The number of hydrogen-bond donors (Lipinski definition) is 0. The molecule has 0 radical (unpaired) electrons. The minimum atomic E-state index is -3.83. The molecule has 0 amide bonds. The Hall–Kier alpha value is -3.00. The third-order valence-corrected chi connectivity index (χ3v) is 8.02. The van der Waals surface area contributed by atoms with Gasteiger partial charge < -0.3 is 18.9 Å². The summed E-state index contributed by atoms with van der Waals surface area (Å²) in [5, 5.41) is 0. The molecular weight excluding hydrogens is 560 g/mol. The van der Waals surface area contributed by atoms with Crippen LogP contribution in [0.5, 0.6) is 11.5 Å². The molecule has 3 rings (SSSR count). The Bertz CT molecular complexity index is 1280. The number of hydrogen-bond acceptors (Lipinski definition) is 10. The summed E-state index contributed by atoms with van der Waals surface area (Å²) in [7, 11) is -7.65. The van der Waals surface area contributed by atoms with Crippen LogP contribution in [0.4, 0.5) is 0 Å². The summed E-state index contributed by atoms with van der Waals surface area (Å²) < 4.78 is 80.9. The van der Waals surface area contributed by atoms with Crippen molar-refractivity contribution in [2.75, 3.05) is 52.9 Å². The van der Waals surface area contributed by atoms with Gasteiger partial charge >= 0.3 is 0 Å². The zero-order chi connectivity index (χ0) is 28.8. The van der Waals surface area contributed by atoms with Gasteiger partial charge in [0, 0.05) is 0 Å². The van der Waals surface area contributed by atoms with E-state index in [-0.39, 0.29) is 62.6 Å². The lowest BCUT2D eigenvalue weighted by molar-refractivity contribution is 0.0712. The Morgan fingerprint density at radius 3 is 1.20 bits per heavy atom. The van der Waals surface area contributed by atoms with Crippen LogP contribution in [-0.4, -0.2) is 69.7 Å². The average Bonchev–Trinajstić information content (AvgIpc) is 2.93. The van der Waals surface area contributed by atoms with Crippen LogP contribution < -0.4 is 9.47 Å². The molecule has 0 aliphatic carbocycles. The van der Waals surface area contributed by atoms with Crippen molar-refractivity contribution in [1.29, 1.82) is 0 Å². The fraction of sp³-hybridized carbons (Fsp3) is 0.357. The number of ether oxygens (including phenoxy) is 4. The molecule has 0 aromatic heterocycles. The monoisotopic (exact) mass is 594 g/mol. The van der Waals surface area contributed by atoms with E-state index in [1.807, 2.05) is 13.8 Å². The fourth-order valence-electron chi connectivity index (χ4n) is 3.27. The van der Waals surface area contributed by atoms with Crippen molar-refractivity contribution in [1.82, 2.24) is 0 Å². The average molecular weight is 595 g/mol. The minimum absolute atomic E-state index is 0.0833. The molecule has 0 unspecified atom stereocenters. The Kier molecular flexibility index (Phi) is 12.4. The van der Waals surface area contributed by atoms with Crippen LogP contribution in [0.3, 0.4) is 0 Å². The van der Waals surface area contributed by atoms with E-state index in [1.165, 1.54) is 24.3 Å². The van der Waals surface area contributed by atoms with Gasteiger partial charge in [0.05, 0.1) is 49.4 Å². The normalized spacial score (nSPS) is 11.8. The number of rotatable bonds is 18. The lowest BCUT2D eigenvalue weighted by atomic mass is 10.2. The zero-order valence-electron chi connectivity index (χ0n) is 22.5. The van der Waals surface area contributed by atoms with Crippen LogP contribution in [0, 0.1) is 13.8 Å². The molecular formula is C28H34O10S2. The smallest absolute Gasteiger partial charge is 0.297 e. The molecule has 0 saturated carbocycles. The van der Waals surface area contributed by atoms with Gasteiger partial charge in [-0.15, -0.1) is 0 Å². The molecule has 0 aliphatic rings. The highest BCUT2D eigenvalue weighted by Crippen LogP contribution is 2.26. The molecule has 10 nitrogen and oxygen atoms in total. The van der Waals surface area contributed by atoms with Crippen LogP contribution in [0.1, 0.15) is 11.1 Å². The highest BCUT2D eigenvalue weighted by Gasteiger charge is 2.15. The topological polar surface area (TPSA) is 124 Å². The molecule has 0 aliphatic heterocycles. The molecule has 3 aromatic rings. The van der Waals surface area contributed by atoms with Crippen LogP contribution in [0.25, 0.3) is 0 Å². The summed E-state index contributed by atoms with van der Waals surface area (Å²) in [6.07, 6.45) is 0. The van der Waals surface area contributed by atoms with E-state index in [4.69, 9.17) is 27.3 Å². The Labute approximate surface area is 236 Å². The van der Waals surface area contributed by atoms with Gasteiger partial charge in [-0.25, -0.2) is 0 Å². The summed E-state index contributed by atoms with van der Waals surface area (Å²) >= 11 is 0. The fourth-order valence-corrected chi connectivity index (χ4v) is 5.05. The van der Waals surface area contributed by atoms with E-state index in [1.54, 1.807) is 48.5 Å². The molecule has 0 N–H and O–H groups in total. The molecule has 0 saturated heterocycles. The lowest BCUT2D eigenvalue weighted by Gasteiger charge is -2.13. The van der Waals surface area contributed by atoms with E-state index < -0.39 is 20.2 Å². The summed E-state index contributed by atoms with van der Waals surface area (Å²) in [4.78, 5) is 0.200. The van der Waals surface area contributed by atoms with Crippen LogP contribution in [0.15, 0.2) is 82.6 Å². The van der Waals surface area contributed by atoms with Crippen molar-refractivity contribution in [2.45, 2.75) is 23.6 Å². The van der Waals surface area contributed by atoms with Gasteiger partial charge in [-0.1, -0.05) is 47.5 Å². The SMILES string of the molecule is Cc1ccc(S(=O)(=O)OCCOCCOc2ccccc2OCCOCCOS(=O)(=O)c2ccc(C)cc2)cc1. The minimum Gasteiger partial charge on any atom is -0.487 e. The van der Waals surface area contributed by atoms with Gasteiger partial charge in [0.2, 0.25) is 0 Å². The first-order valence-corrected chi connectivity index (χ1v) is 15.4. The second-order valence-corrected chi connectivity index (χ2v) is 11.8. The predicted molar refractivity (Wildman–Crippen MR) is 148 cm³/mol. The maximum absolute atomic E-state index is 12.2. The van der Waals surface area contributed by atoms with E-state index in [9.17, 15) is 16.8 Å². The molecule has 3 aromatic carbocycles. The highest BCUT2D eigenvalue weighted by molar-refractivity contribution is 7.87. The largest absolute Gasteiger partial charge is 0.487 e. The van der Waals surface area contributed by atoms with Gasteiger partial charge in [0.15, 0.2) is 11.5 Å². The first-order valence-electron chi connectivity index (χ1n) is 12.6. The van der Waals surface area contributed by atoms with Gasteiger partial charge in [-0.05, 0) is 50.2 Å². The van der Waals surface area contributed by atoms with E-state index in [0.29, 0.717) is 11.5 Å². The van der Waals surface area contributed by atoms with Crippen molar-refractivity contribution in [3.05, 3.63) is 83.9 Å². The lowest BCUT2D eigenvalue weighted by Crippen LogP contribution is -2.15. The summed E-state index contributed by atoms with van der Waals surface area (Å²) in [5.74, 6) is 1.02. The highest BCUT2D eigenvalue weighted by atomic mass is 32.2. The zero-order valence-corrected chi connectivity index (χ0v) is 24.1. The van der Waals surface area contributed by atoms with Gasteiger partial charge in [-0.2, -0.15) is 16.8 Å². The number of benzene rings is 3. The second kappa shape index (κ2) is 15.7. The quantitative estimate of drug-likeness (QED) is 0.158. The van der Waals surface area contributed by atoms with Gasteiger partial charge in [0.25, 0.3) is 20.2 Å². The summed E-state index contributed by atoms with van der Waals surface area (Å²) in [5.41, 5.74) is 1.91. The second-order valence-electron chi connectivity index (χ2n) is 8.55. The predicted octanol–water partition coefficient (Wildman–Crippen LogP) is 3.91. The number of para-hydroxylation sites is 2. The molecule has 40 heavy (non-hydrogen) atoms. The molecule has 0 spiro atoms. The summed E-state index contributed by atoms with van der Waals surface area (Å²) in [6, 6.07) is 19.9. The first-order chi connectivity index (χ1) is 19.2. The Morgan fingerprint density at radius 1 is 0.475 bits per heavy atom. The third-order valence-electron chi connectivity index (χ3n) is 5.37. The molecule has 12 heteroatoms. The summed E-state index contributed by atoms with van der Waals surface area (Å²) in [6.45, 7) is 4.56. The van der Waals surface area contributed by atoms with E-state index in [2.05, 4.69) is 0 Å². The molecule has 0 heterocycles. The van der Waals surface area contributed by atoms with Gasteiger partial charge in [0.1, 0.15) is 13.2 Å². The van der Waals surface area contributed by atoms with Crippen molar-refractivity contribution in [3.8, 4) is 11.5 Å². The Morgan fingerprint density at radius 2 is 0.825 bits per heavy atom. The third kappa shape index (κ3) is 10.5. The first kappa shape index (κ1) is 31.5.